The number of thiazole rings is 1. The van der Waals surface area contributed by atoms with Crippen LogP contribution in [0.1, 0.15) is 46.6 Å². The smallest absolute Gasteiger partial charge is 0.243 e. The number of aliphatic hydroxyl groups excluding tert-OH is 1. The zero-order valence-corrected chi connectivity index (χ0v) is 20.3. The van der Waals surface area contributed by atoms with Crippen molar-refractivity contribution in [3.8, 4) is 10.4 Å². The van der Waals surface area contributed by atoms with Gasteiger partial charge >= 0.3 is 0 Å². The summed E-state index contributed by atoms with van der Waals surface area (Å²) in [7, 11) is 0. The number of aromatic nitrogens is 1. The molecule has 2 heterocycles. The fraction of sp³-hybridized carbons (Fsp3) is 0.542. The van der Waals surface area contributed by atoms with Gasteiger partial charge in [0.05, 0.1) is 22.5 Å². The summed E-state index contributed by atoms with van der Waals surface area (Å²) in [6.45, 7) is 10.5. The van der Waals surface area contributed by atoms with E-state index in [0.717, 1.165) is 16.0 Å². The molecule has 0 bridgehead atoms. The summed E-state index contributed by atoms with van der Waals surface area (Å²) >= 11 is 1.58. The van der Waals surface area contributed by atoms with Crippen molar-refractivity contribution in [2.75, 3.05) is 6.54 Å². The Kier molecular flexibility index (Phi) is 7.69. The first-order valence-electron chi connectivity index (χ1n) is 11.1. The Morgan fingerprint density at radius 3 is 2.50 bits per heavy atom. The second-order valence-electron chi connectivity index (χ2n) is 9.80. The van der Waals surface area contributed by atoms with Gasteiger partial charge in [-0.2, -0.15) is 0 Å². The van der Waals surface area contributed by atoms with E-state index in [2.05, 4.69) is 15.6 Å². The maximum absolute atomic E-state index is 13.4. The van der Waals surface area contributed by atoms with Gasteiger partial charge in [-0.15, -0.1) is 11.3 Å². The second kappa shape index (κ2) is 10.1. The predicted molar refractivity (Wildman–Crippen MR) is 127 cm³/mol. The Balaban J connectivity index is 1.66. The zero-order valence-electron chi connectivity index (χ0n) is 19.5. The van der Waals surface area contributed by atoms with Crippen LogP contribution in [0.4, 0.5) is 0 Å². The fourth-order valence-corrected chi connectivity index (χ4v) is 4.58. The van der Waals surface area contributed by atoms with E-state index in [-0.39, 0.29) is 36.2 Å². The van der Waals surface area contributed by atoms with Crippen molar-refractivity contribution in [2.24, 2.45) is 5.41 Å². The van der Waals surface area contributed by atoms with Gasteiger partial charge in [-0.3, -0.25) is 14.6 Å². The van der Waals surface area contributed by atoms with Crippen LogP contribution in [-0.4, -0.2) is 57.6 Å². The lowest BCUT2D eigenvalue weighted by Gasteiger charge is -2.36. The summed E-state index contributed by atoms with van der Waals surface area (Å²) in [4.78, 5) is 33.1. The number of nitrogens with one attached hydrogen (secondary N) is 2. The standard InChI is InChI=1S/C24H34N4O3S/c1-15(2)27-21(24(3,4)5)23(31)28-13-18(29)10-19(28)22(30)26-11-16-6-8-17(9-7-16)20-12-25-14-32-20/h6-9,12,14-15,18-19,21,27,29H,10-11,13H2,1-5H3,(H,26,30)/t18-,19+,21-/m1/s1. The van der Waals surface area contributed by atoms with E-state index >= 15 is 0 Å². The molecule has 174 valence electrons. The molecule has 3 rings (SSSR count). The maximum Gasteiger partial charge on any atom is 0.243 e. The fourth-order valence-electron chi connectivity index (χ4n) is 3.95. The number of β-amino-alcohol motifs (C(OH)–C–C–N with tert-alkyl or cyclic N) is 1. The number of carbonyl (C=O) groups is 2. The molecule has 1 aromatic carbocycles. The van der Waals surface area contributed by atoms with E-state index < -0.39 is 18.2 Å². The molecule has 1 aliphatic rings. The molecule has 0 radical (unpaired) electrons. The Hall–Kier alpha value is -2.29. The number of hydrogen-bond donors (Lipinski definition) is 3. The first kappa shape index (κ1) is 24.4. The molecule has 3 N–H and O–H groups in total. The Labute approximate surface area is 194 Å². The summed E-state index contributed by atoms with van der Waals surface area (Å²) < 4.78 is 0. The summed E-state index contributed by atoms with van der Waals surface area (Å²) in [6, 6.07) is 6.98. The molecule has 0 spiro atoms. The van der Waals surface area contributed by atoms with E-state index in [9.17, 15) is 14.7 Å². The minimum absolute atomic E-state index is 0.121. The van der Waals surface area contributed by atoms with Gasteiger partial charge in [-0.1, -0.05) is 58.9 Å². The van der Waals surface area contributed by atoms with Crippen molar-refractivity contribution in [3.63, 3.8) is 0 Å². The molecule has 32 heavy (non-hydrogen) atoms. The van der Waals surface area contributed by atoms with Crippen molar-refractivity contribution < 1.29 is 14.7 Å². The van der Waals surface area contributed by atoms with E-state index in [1.165, 1.54) is 4.90 Å². The Morgan fingerprint density at radius 1 is 1.25 bits per heavy atom. The summed E-state index contributed by atoms with van der Waals surface area (Å²) in [5, 5.41) is 16.5. The minimum atomic E-state index is -0.701. The SMILES string of the molecule is CC(C)N[C@H](C(=O)N1C[C@H](O)C[C@H]1C(=O)NCc1ccc(-c2cncs2)cc1)C(C)(C)C. The quantitative estimate of drug-likeness (QED) is 0.593. The van der Waals surface area contributed by atoms with E-state index in [0.29, 0.717) is 6.54 Å². The van der Waals surface area contributed by atoms with Gasteiger partial charge < -0.3 is 20.6 Å². The highest BCUT2D eigenvalue weighted by Gasteiger charge is 2.43. The average Bonchev–Trinajstić information content (AvgIpc) is 3.39. The molecule has 1 fully saturated rings. The van der Waals surface area contributed by atoms with Gasteiger partial charge in [0, 0.05) is 31.7 Å². The van der Waals surface area contributed by atoms with E-state index in [1.807, 2.05) is 65.1 Å². The molecule has 0 saturated carbocycles. The normalized spacial score (nSPS) is 19.9. The molecular weight excluding hydrogens is 424 g/mol. The van der Waals surface area contributed by atoms with Gasteiger partial charge in [0.1, 0.15) is 6.04 Å². The molecule has 0 aliphatic carbocycles. The second-order valence-corrected chi connectivity index (χ2v) is 10.7. The van der Waals surface area contributed by atoms with Gasteiger partial charge in [0.2, 0.25) is 11.8 Å². The molecule has 2 aromatic rings. The number of aliphatic hydroxyl groups is 1. The third kappa shape index (κ3) is 5.94. The van der Waals surface area contributed by atoms with Crippen LogP contribution in [0.25, 0.3) is 10.4 Å². The molecule has 1 saturated heterocycles. The molecule has 1 aromatic heterocycles. The molecule has 2 amide bonds. The van der Waals surface area contributed by atoms with Crippen LogP contribution in [0.5, 0.6) is 0 Å². The van der Waals surface area contributed by atoms with Crippen molar-refractivity contribution in [2.45, 2.75) is 71.8 Å². The molecule has 3 atom stereocenters. The largest absolute Gasteiger partial charge is 0.391 e. The monoisotopic (exact) mass is 458 g/mol. The van der Waals surface area contributed by atoms with Crippen LogP contribution in [0.2, 0.25) is 0 Å². The van der Waals surface area contributed by atoms with Crippen molar-refractivity contribution in [1.29, 1.82) is 0 Å². The van der Waals surface area contributed by atoms with Gasteiger partial charge in [0.25, 0.3) is 0 Å². The predicted octanol–water partition coefficient (Wildman–Crippen LogP) is 2.80. The van der Waals surface area contributed by atoms with Crippen LogP contribution in [-0.2, 0) is 16.1 Å². The third-order valence-corrected chi connectivity index (χ3v) is 6.44. The Morgan fingerprint density at radius 2 is 1.94 bits per heavy atom. The Bertz CT molecular complexity index is 906. The van der Waals surface area contributed by atoms with E-state index in [1.54, 1.807) is 16.8 Å². The number of benzene rings is 1. The summed E-state index contributed by atoms with van der Waals surface area (Å²) in [5.74, 6) is -0.379. The molecular formula is C24H34N4O3S. The molecule has 7 nitrogen and oxygen atoms in total. The molecule has 8 heteroatoms. The van der Waals surface area contributed by atoms with Crippen LogP contribution < -0.4 is 10.6 Å². The van der Waals surface area contributed by atoms with Crippen molar-refractivity contribution >= 4 is 23.2 Å². The van der Waals surface area contributed by atoms with Crippen molar-refractivity contribution in [3.05, 3.63) is 41.5 Å². The highest BCUT2D eigenvalue weighted by atomic mass is 32.1. The third-order valence-electron chi connectivity index (χ3n) is 5.62. The average molecular weight is 459 g/mol. The lowest BCUT2D eigenvalue weighted by atomic mass is 9.85. The number of likely N-dealkylation sites (tertiary alicyclic amines) is 1. The number of rotatable bonds is 7. The first-order valence-corrected chi connectivity index (χ1v) is 11.9. The zero-order chi connectivity index (χ0) is 23.5. The van der Waals surface area contributed by atoms with Crippen LogP contribution >= 0.6 is 11.3 Å². The summed E-state index contributed by atoms with van der Waals surface area (Å²) in [6.07, 6.45) is 1.38. The van der Waals surface area contributed by atoms with E-state index in [4.69, 9.17) is 0 Å². The highest BCUT2D eigenvalue weighted by Crippen LogP contribution is 2.27. The molecule has 0 unspecified atom stereocenters. The summed E-state index contributed by atoms with van der Waals surface area (Å²) in [5.41, 5.74) is 3.53. The van der Waals surface area contributed by atoms with Crippen LogP contribution in [0, 0.1) is 5.41 Å². The molecule has 1 aliphatic heterocycles. The van der Waals surface area contributed by atoms with Crippen LogP contribution in [0.15, 0.2) is 36.0 Å². The maximum atomic E-state index is 13.4. The van der Waals surface area contributed by atoms with Gasteiger partial charge in [-0.05, 0) is 16.5 Å². The van der Waals surface area contributed by atoms with Crippen molar-refractivity contribution in [1.82, 2.24) is 20.5 Å². The number of hydrogen-bond acceptors (Lipinski definition) is 6. The minimum Gasteiger partial charge on any atom is -0.391 e. The topological polar surface area (TPSA) is 94.6 Å². The lowest BCUT2D eigenvalue weighted by Crippen LogP contribution is -2.57. The number of carbonyl (C=O) groups excluding carboxylic acids is 2. The lowest BCUT2D eigenvalue weighted by molar-refractivity contribution is -0.142. The first-order chi connectivity index (χ1) is 15.1. The van der Waals surface area contributed by atoms with Gasteiger partial charge in [-0.25, -0.2) is 0 Å². The number of nitrogens with zero attached hydrogens (tertiary/aromatic N) is 2. The van der Waals surface area contributed by atoms with Gasteiger partial charge in [0.15, 0.2) is 0 Å². The number of amides is 2. The highest BCUT2D eigenvalue weighted by molar-refractivity contribution is 7.13. The van der Waals surface area contributed by atoms with Crippen LogP contribution in [0.3, 0.4) is 0 Å².